The van der Waals surface area contributed by atoms with Gasteiger partial charge < -0.3 is 29.8 Å². The Hall–Kier alpha value is -4.37. The predicted molar refractivity (Wildman–Crippen MR) is 141 cm³/mol. The summed E-state index contributed by atoms with van der Waals surface area (Å²) in [5.74, 6) is 0.365. The zero-order valence-corrected chi connectivity index (χ0v) is 20.4. The summed E-state index contributed by atoms with van der Waals surface area (Å²) in [4.78, 5) is 37.1. The fourth-order valence-corrected chi connectivity index (χ4v) is 4.66. The first-order valence-corrected chi connectivity index (χ1v) is 11.7. The van der Waals surface area contributed by atoms with E-state index < -0.39 is 0 Å². The van der Waals surface area contributed by atoms with E-state index in [1.165, 1.54) is 4.57 Å². The second-order valence-corrected chi connectivity index (χ2v) is 9.03. The maximum absolute atomic E-state index is 13.5. The molecule has 9 nitrogen and oxygen atoms in total. The Labute approximate surface area is 208 Å². The van der Waals surface area contributed by atoms with Crippen LogP contribution in [0.25, 0.3) is 11.1 Å². The highest BCUT2D eigenvalue weighted by atomic mass is 16.3. The Bertz CT molecular complexity index is 1490. The Balaban J connectivity index is 1.55. The second kappa shape index (κ2) is 9.35. The Morgan fingerprint density at radius 2 is 1.97 bits per heavy atom. The zero-order valence-electron chi connectivity index (χ0n) is 20.4. The van der Waals surface area contributed by atoms with Crippen LogP contribution in [0.5, 0.6) is 0 Å². The number of amides is 1. The molecule has 4 aromatic rings. The number of fused-ring (bicyclic) bond motifs is 1. The van der Waals surface area contributed by atoms with Crippen LogP contribution in [0.4, 0.5) is 23.0 Å². The smallest absolute Gasteiger partial charge is 0.274 e. The quantitative estimate of drug-likeness (QED) is 0.388. The van der Waals surface area contributed by atoms with E-state index in [0.717, 1.165) is 28.8 Å². The molecule has 1 amide bonds. The van der Waals surface area contributed by atoms with E-state index in [1.54, 1.807) is 36.6 Å². The van der Waals surface area contributed by atoms with Crippen molar-refractivity contribution in [2.24, 2.45) is 7.05 Å². The number of anilines is 4. The summed E-state index contributed by atoms with van der Waals surface area (Å²) < 4.78 is 1.49. The van der Waals surface area contributed by atoms with Gasteiger partial charge in [0.05, 0.1) is 12.3 Å². The summed E-state index contributed by atoms with van der Waals surface area (Å²) in [6.07, 6.45) is 5.71. The number of aliphatic hydroxyl groups excluding tert-OH is 1. The number of benzene rings is 2. The average Bonchev–Trinajstić information content (AvgIpc) is 3.39. The molecule has 0 unspecified atom stereocenters. The number of rotatable bonds is 6. The first kappa shape index (κ1) is 23.4. The van der Waals surface area contributed by atoms with Crippen LogP contribution in [-0.4, -0.2) is 46.2 Å². The molecule has 3 heterocycles. The van der Waals surface area contributed by atoms with Crippen molar-refractivity contribution in [2.45, 2.75) is 13.0 Å². The van der Waals surface area contributed by atoms with Crippen molar-refractivity contribution in [1.82, 2.24) is 14.5 Å². The van der Waals surface area contributed by atoms with Crippen molar-refractivity contribution >= 4 is 28.9 Å². The molecule has 0 atom stereocenters. The van der Waals surface area contributed by atoms with Crippen LogP contribution in [0.3, 0.4) is 0 Å². The molecule has 2 aromatic heterocycles. The number of pyridine rings is 1. The molecule has 184 valence electrons. The highest BCUT2D eigenvalue weighted by Crippen LogP contribution is 2.35. The van der Waals surface area contributed by atoms with Gasteiger partial charge >= 0.3 is 0 Å². The number of carbonyl (C=O) groups excluding carboxylic acids is 1. The van der Waals surface area contributed by atoms with Gasteiger partial charge in [-0.15, -0.1) is 0 Å². The van der Waals surface area contributed by atoms with Gasteiger partial charge in [-0.2, -0.15) is 0 Å². The molecular weight excluding hydrogens is 456 g/mol. The van der Waals surface area contributed by atoms with Crippen molar-refractivity contribution in [3.63, 3.8) is 0 Å². The van der Waals surface area contributed by atoms with E-state index >= 15 is 0 Å². The summed E-state index contributed by atoms with van der Waals surface area (Å²) >= 11 is 0. The number of nitrogens with zero attached hydrogens (tertiary/aromatic N) is 4. The topological polar surface area (TPSA) is 106 Å². The molecule has 1 aliphatic rings. The van der Waals surface area contributed by atoms with Gasteiger partial charge in [-0.3, -0.25) is 9.59 Å². The third kappa shape index (κ3) is 4.14. The molecule has 0 fully saturated rings. The Kier molecular flexibility index (Phi) is 6.07. The number of aromatic amines is 1. The monoisotopic (exact) mass is 484 g/mol. The molecular formula is C27H28N6O3. The summed E-state index contributed by atoms with van der Waals surface area (Å²) in [5, 5.41) is 13.4. The number of hydrogen-bond donors (Lipinski definition) is 3. The summed E-state index contributed by atoms with van der Waals surface area (Å²) in [6, 6.07) is 13.2. The number of imidazole rings is 1. The van der Waals surface area contributed by atoms with Gasteiger partial charge in [-0.1, -0.05) is 12.1 Å². The number of aliphatic hydroxyl groups is 1. The molecule has 0 bridgehead atoms. The molecule has 36 heavy (non-hydrogen) atoms. The minimum atomic E-state index is -0.258. The van der Waals surface area contributed by atoms with Crippen LogP contribution in [0.1, 0.15) is 21.5 Å². The number of H-pyrrole nitrogens is 1. The van der Waals surface area contributed by atoms with Gasteiger partial charge in [0.25, 0.3) is 11.5 Å². The standard InChI is InChI=1S/C27H28N6O3/c1-31(2)19-7-8-21-17(13-19)9-12-33(25(21)35)24-6-4-5-20(22(24)16-34)18-14-23(26(36)32(3)15-18)30-27-28-10-11-29-27/h4-8,10-11,13-15,34H,9,12,16H2,1-3H3,(H2,28,29,30). The minimum absolute atomic E-state index is 0.0888. The molecule has 0 radical (unpaired) electrons. The third-order valence-electron chi connectivity index (χ3n) is 6.53. The lowest BCUT2D eigenvalue weighted by Gasteiger charge is -2.31. The van der Waals surface area contributed by atoms with Gasteiger partial charge in [-0.05, 0) is 47.9 Å². The molecule has 2 aromatic carbocycles. The van der Waals surface area contributed by atoms with Crippen LogP contribution >= 0.6 is 0 Å². The minimum Gasteiger partial charge on any atom is -0.392 e. The van der Waals surface area contributed by atoms with Gasteiger partial charge in [0.2, 0.25) is 5.95 Å². The first-order chi connectivity index (χ1) is 17.4. The molecule has 5 rings (SSSR count). The highest BCUT2D eigenvalue weighted by molar-refractivity contribution is 6.09. The Morgan fingerprint density at radius 1 is 1.14 bits per heavy atom. The number of carbonyl (C=O) groups is 1. The summed E-state index contributed by atoms with van der Waals surface area (Å²) in [7, 11) is 5.63. The van der Waals surface area contributed by atoms with Crippen molar-refractivity contribution in [2.75, 3.05) is 35.8 Å². The lowest BCUT2D eigenvalue weighted by atomic mass is 9.94. The molecule has 0 saturated heterocycles. The summed E-state index contributed by atoms with van der Waals surface area (Å²) in [5.41, 5.74) is 5.66. The van der Waals surface area contributed by atoms with E-state index in [1.807, 2.05) is 49.3 Å². The molecule has 0 saturated carbocycles. The van der Waals surface area contributed by atoms with E-state index in [-0.39, 0.29) is 18.1 Å². The van der Waals surface area contributed by atoms with Crippen LogP contribution in [0, 0.1) is 0 Å². The molecule has 0 aliphatic carbocycles. The fourth-order valence-electron chi connectivity index (χ4n) is 4.66. The summed E-state index contributed by atoms with van der Waals surface area (Å²) in [6.45, 7) is 0.253. The molecule has 0 spiro atoms. The molecule has 1 aliphatic heterocycles. The van der Waals surface area contributed by atoms with Gasteiger partial charge in [-0.25, -0.2) is 4.98 Å². The number of aromatic nitrogens is 3. The highest BCUT2D eigenvalue weighted by Gasteiger charge is 2.28. The lowest BCUT2D eigenvalue weighted by molar-refractivity contribution is 0.0980. The van der Waals surface area contributed by atoms with Crippen molar-refractivity contribution in [1.29, 1.82) is 0 Å². The van der Waals surface area contributed by atoms with Crippen LogP contribution < -0.4 is 20.7 Å². The first-order valence-electron chi connectivity index (χ1n) is 11.7. The SMILES string of the molecule is CN(C)c1ccc2c(c1)CCN(c1cccc(-c3cc(Nc4ncc[nH]4)c(=O)n(C)c3)c1CO)C2=O. The molecule has 9 heteroatoms. The van der Waals surface area contributed by atoms with Crippen LogP contribution in [-0.2, 0) is 20.1 Å². The largest absolute Gasteiger partial charge is 0.392 e. The molecule has 3 N–H and O–H groups in total. The second-order valence-electron chi connectivity index (χ2n) is 9.03. The maximum Gasteiger partial charge on any atom is 0.274 e. The fraction of sp³-hybridized carbons (Fsp3) is 0.222. The van der Waals surface area contributed by atoms with E-state index in [0.29, 0.717) is 35.0 Å². The van der Waals surface area contributed by atoms with Crippen LogP contribution in [0.2, 0.25) is 0 Å². The lowest BCUT2D eigenvalue weighted by Crippen LogP contribution is -2.38. The Morgan fingerprint density at radius 3 is 2.69 bits per heavy atom. The number of aryl methyl sites for hydroxylation is 1. The van der Waals surface area contributed by atoms with Crippen molar-refractivity contribution in [3.8, 4) is 11.1 Å². The van der Waals surface area contributed by atoms with Gasteiger partial charge in [0, 0.05) is 68.7 Å². The van der Waals surface area contributed by atoms with Crippen molar-refractivity contribution < 1.29 is 9.90 Å². The number of nitrogens with one attached hydrogen (secondary N) is 2. The number of hydrogen-bond acceptors (Lipinski definition) is 6. The average molecular weight is 485 g/mol. The predicted octanol–water partition coefficient (Wildman–Crippen LogP) is 3.28. The maximum atomic E-state index is 13.5. The van der Waals surface area contributed by atoms with Crippen LogP contribution in [0.15, 0.2) is 65.8 Å². The van der Waals surface area contributed by atoms with E-state index in [9.17, 15) is 14.7 Å². The van der Waals surface area contributed by atoms with Gasteiger partial charge in [0.15, 0.2) is 0 Å². The third-order valence-corrected chi connectivity index (χ3v) is 6.53. The van der Waals surface area contributed by atoms with E-state index in [4.69, 9.17) is 0 Å². The normalized spacial score (nSPS) is 13.0. The van der Waals surface area contributed by atoms with E-state index in [2.05, 4.69) is 21.4 Å². The van der Waals surface area contributed by atoms with Crippen molar-refractivity contribution in [3.05, 3.63) is 88.1 Å². The van der Waals surface area contributed by atoms with Gasteiger partial charge in [0.1, 0.15) is 5.69 Å². The zero-order chi connectivity index (χ0) is 25.4.